The zero-order chi connectivity index (χ0) is 27.1. The molecule has 0 aromatic heterocycles. The molecule has 0 aliphatic heterocycles. The molecular formula is C35H74N2. The predicted molar refractivity (Wildman–Crippen MR) is 170 cm³/mol. The van der Waals surface area contributed by atoms with Crippen molar-refractivity contribution in [2.75, 3.05) is 13.1 Å². The average molecular weight is 523 g/mol. The van der Waals surface area contributed by atoms with Crippen LogP contribution < -0.4 is 11.5 Å². The second kappa shape index (κ2) is 32.1. The maximum atomic E-state index is 5.72. The Labute approximate surface area is 236 Å². The lowest BCUT2D eigenvalue weighted by Gasteiger charge is -2.28. The largest absolute Gasteiger partial charge is 0.330 e. The predicted octanol–water partition coefficient (Wildman–Crippen LogP) is 11.5. The fourth-order valence-corrected chi connectivity index (χ4v) is 6.30. The molecule has 4 N–H and O–H groups in total. The van der Waals surface area contributed by atoms with Crippen LogP contribution >= 0.6 is 0 Å². The van der Waals surface area contributed by atoms with Gasteiger partial charge < -0.3 is 11.5 Å². The number of rotatable bonds is 32. The van der Waals surface area contributed by atoms with E-state index in [1.54, 1.807) is 0 Å². The molecular weight excluding hydrogens is 448 g/mol. The highest BCUT2D eigenvalue weighted by atomic mass is 14.5. The van der Waals surface area contributed by atoms with Crippen LogP contribution in [0.3, 0.4) is 0 Å². The van der Waals surface area contributed by atoms with Crippen LogP contribution in [-0.2, 0) is 0 Å². The summed E-state index contributed by atoms with van der Waals surface area (Å²) in [6, 6.07) is 0. The summed E-state index contributed by atoms with van der Waals surface area (Å²) in [6.45, 7) is 6.39. The van der Waals surface area contributed by atoms with E-state index in [2.05, 4.69) is 13.8 Å². The van der Waals surface area contributed by atoms with E-state index in [9.17, 15) is 0 Å². The molecule has 0 spiro atoms. The Morgan fingerprint density at radius 3 is 0.757 bits per heavy atom. The van der Waals surface area contributed by atoms with Crippen LogP contribution in [0.25, 0.3) is 0 Å². The molecule has 0 amide bonds. The van der Waals surface area contributed by atoms with E-state index in [1.165, 1.54) is 186 Å². The molecule has 0 saturated carbocycles. The molecule has 2 heteroatoms. The Kier molecular flexibility index (Phi) is 32.1. The zero-order valence-electron chi connectivity index (χ0n) is 26.2. The molecule has 0 heterocycles. The monoisotopic (exact) mass is 523 g/mol. The molecule has 0 aromatic carbocycles. The molecule has 0 saturated heterocycles. The first-order valence-corrected chi connectivity index (χ1v) is 17.7. The summed E-state index contributed by atoms with van der Waals surface area (Å²) in [5, 5.41) is 0. The maximum absolute atomic E-state index is 5.72. The van der Waals surface area contributed by atoms with Crippen LogP contribution in [0, 0.1) is 11.8 Å². The Bertz CT molecular complexity index is 397. The van der Waals surface area contributed by atoms with Gasteiger partial charge in [-0.25, -0.2) is 0 Å². The van der Waals surface area contributed by atoms with E-state index < -0.39 is 0 Å². The molecule has 0 fully saturated rings. The first-order valence-electron chi connectivity index (χ1n) is 17.7. The third kappa shape index (κ3) is 27.3. The van der Waals surface area contributed by atoms with Gasteiger partial charge in [-0.1, -0.05) is 187 Å². The topological polar surface area (TPSA) is 52.0 Å². The fraction of sp³-hybridized carbons (Fsp3) is 1.00. The van der Waals surface area contributed by atoms with Crippen molar-refractivity contribution in [1.82, 2.24) is 0 Å². The van der Waals surface area contributed by atoms with Crippen molar-refractivity contribution in [1.29, 1.82) is 0 Å². The lowest BCUT2D eigenvalue weighted by molar-refractivity contribution is 0.236. The molecule has 2 nitrogen and oxygen atoms in total. The van der Waals surface area contributed by atoms with E-state index in [4.69, 9.17) is 11.5 Å². The van der Waals surface area contributed by atoms with Crippen LogP contribution in [-0.4, -0.2) is 13.1 Å². The second-order valence-corrected chi connectivity index (χ2v) is 12.4. The van der Waals surface area contributed by atoms with Crippen molar-refractivity contribution >= 4 is 0 Å². The SMILES string of the molecule is CCCCCCCCCCC(CCCCCCCN)C(CCCCCCCC)CCCCCCCCN. The lowest BCUT2D eigenvalue weighted by atomic mass is 9.78. The molecule has 0 bridgehead atoms. The Hall–Kier alpha value is -0.0800. The van der Waals surface area contributed by atoms with E-state index >= 15 is 0 Å². The summed E-state index contributed by atoms with van der Waals surface area (Å²) in [6.07, 6.45) is 41.4. The third-order valence-electron chi connectivity index (χ3n) is 8.83. The molecule has 37 heavy (non-hydrogen) atoms. The van der Waals surface area contributed by atoms with Gasteiger partial charge in [0.15, 0.2) is 0 Å². The van der Waals surface area contributed by atoms with Gasteiger partial charge in [0.2, 0.25) is 0 Å². The number of hydrogen-bond donors (Lipinski definition) is 2. The highest BCUT2D eigenvalue weighted by molar-refractivity contribution is 4.72. The number of nitrogens with two attached hydrogens (primary N) is 2. The third-order valence-corrected chi connectivity index (χ3v) is 8.83. The standard InChI is InChI=1S/C35H74N2/c1-3-5-7-9-11-12-17-23-29-35(31-25-19-15-21-27-33-37)34(28-22-16-10-8-6-4-2)30-24-18-13-14-20-26-32-36/h34-35H,3-33,36-37H2,1-2H3. The van der Waals surface area contributed by atoms with Gasteiger partial charge in [0, 0.05) is 0 Å². The summed E-state index contributed by atoms with van der Waals surface area (Å²) >= 11 is 0. The Morgan fingerprint density at radius 1 is 0.297 bits per heavy atom. The quantitative estimate of drug-likeness (QED) is 0.0863. The molecule has 0 aliphatic carbocycles. The van der Waals surface area contributed by atoms with Crippen LogP contribution in [0.1, 0.15) is 200 Å². The molecule has 0 radical (unpaired) electrons. The van der Waals surface area contributed by atoms with Crippen LogP contribution in [0.15, 0.2) is 0 Å². The van der Waals surface area contributed by atoms with Crippen molar-refractivity contribution in [2.24, 2.45) is 23.3 Å². The normalized spacial score (nSPS) is 13.3. The molecule has 0 rings (SSSR count). The lowest BCUT2D eigenvalue weighted by Crippen LogP contribution is -2.16. The van der Waals surface area contributed by atoms with Gasteiger partial charge in [-0.15, -0.1) is 0 Å². The fourth-order valence-electron chi connectivity index (χ4n) is 6.30. The van der Waals surface area contributed by atoms with Crippen molar-refractivity contribution in [3.8, 4) is 0 Å². The van der Waals surface area contributed by atoms with Gasteiger partial charge in [0.05, 0.1) is 0 Å². The maximum Gasteiger partial charge on any atom is -0.00773 e. The molecule has 2 atom stereocenters. The first-order chi connectivity index (χ1) is 18.3. The second-order valence-electron chi connectivity index (χ2n) is 12.4. The Morgan fingerprint density at radius 2 is 0.514 bits per heavy atom. The first kappa shape index (κ1) is 36.9. The summed E-state index contributed by atoms with van der Waals surface area (Å²) in [4.78, 5) is 0. The summed E-state index contributed by atoms with van der Waals surface area (Å²) in [5.41, 5.74) is 11.4. The van der Waals surface area contributed by atoms with Gasteiger partial charge in [0.25, 0.3) is 0 Å². The van der Waals surface area contributed by atoms with Gasteiger partial charge in [-0.3, -0.25) is 0 Å². The van der Waals surface area contributed by atoms with Gasteiger partial charge in [-0.2, -0.15) is 0 Å². The van der Waals surface area contributed by atoms with Crippen LogP contribution in [0.5, 0.6) is 0 Å². The molecule has 0 aliphatic rings. The van der Waals surface area contributed by atoms with Crippen molar-refractivity contribution in [3.05, 3.63) is 0 Å². The summed E-state index contributed by atoms with van der Waals surface area (Å²) < 4.78 is 0. The minimum Gasteiger partial charge on any atom is -0.330 e. The Balaban J connectivity index is 4.67. The molecule has 224 valence electrons. The molecule has 0 aromatic rings. The van der Waals surface area contributed by atoms with Gasteiger partial charge in [-0.05, 0) is 37.8 Å². The highest BCUT2D eigenvalue weighted by Gasteiger charge is 2.20. The van der Waals surface area contributed by atoms with Crippen LogP contribution in [0.2, 0.25) is 0 Å². The summed E-state index contributed by atoms with van der Waals surface area (Å²) in [7, 11) is 0. The minimum absolute atomic E-state index is 0.868. The van der Waals surface area contributed by atoms with Gasteiger partial charge in [0.1, 0.15) is 0 Å². The van der Waals surface area contributed by atoms with Gasteiger partial charge >= 0.3 is 0 Å². The summed E-state index contributed by atoms with van der Waals surface area (Å²) in [5.74, 6) is 1.98. The minimum atomic E-state index is 0.868. The number of hydrogen-bond acceptors (Lipinski definition) is 2. The van der Waals surface area contributed by atoms with E-state index in [0.717, 1.165) is 24.9 Å². The van der Waals surface area contributed by atoms with E-state index in [1.807, 2.05) is 0 Å². The zero-order valence-corrected chi connectivity index (χ0v) is 26.2. The van der Waals surface area contributed by atoms with Crippen LogP contribution in [0.4, 0.5) is 0 Å². The molecule has 2 unspecified atom stereocenters. The van der Waals surface area contributed by atoms with Crippen molar-refractivity contribution in [2.45, 2.75) is 200 Å². The van der Waals surface area contributed by atoms with Crippen molar-refractivity contribution < 1.29 is 0 Å². The smallest absolute Gasteiger partial charge is 0.00773 e. The number of unbranched alkanes of at least 4 members (excludes halogenated alkanes) is 21. The van der Waals surface area contributed by atoms with Crippen molar-refractivity contribution in [3.63, 3.8) is 0 Å². The average Bonchev–Trinajstić information content (AvgIpc) is 2.91. The highest BCUT2D eigenvalue weighted by Crippen LogP contribution is 2.33. The van der Waals surface area contributed by atoms with E-state index in [0.29, 0.717) is 0 Å². The van der Waals surface area contributed by atoms with E-state index in [-0.39, 0.29) is 0 Å².